The minimum absolute atomic E-state index is 0.0788. The van der Waals surface area contributed by atoms with Gasteiger partial charge in [-0.05, 0) is 56.4 Å². The smallest absolute Gasteiger partial charge is 0.393 e. The maximum atomic E-state index is 13.6. The second kappa shape index (κ2) is 9.19. The molecule has 1 heterocycles. The summed E-state index contributed by atoms with van der Waals surface area (Å²) < 4.78 is 53.9. The number of carbonyl (C=O) groups is 3. The number of nitrogens with one attached hydrogen (secondary N) is 2. The maximum Gasteiger partial charge on any atom is 0.419 e. The number of hydrogen-bond acceptors (Lipinski definition) is 4. The van der Waals surface area contributed by atoms with Gasteiger partial charge in [0.15, 0.2) is 0 Å². The van der Waals surface area contributed by atoms with Gasteiger partial charge in [0.2, 0.25) is 0 Å². The molecule has 2 aromatic rings. The number of Topliss-reactive ketones (excluding diaryl/α,β-unsaturated/α-hetero) is 1. The van der Waals surface area contributed by atoms with Gasteiger partial charge in [-0.15, -0.1) is 6.42 Å². The highest BCUT2D eigenvalue weighted by Gasteiger charge is 2.46. The van der Waals surface area contributed by atoms with Crippen molar-refractivity contribution in [3.8, 4) is 12.3 Å². The first-order valence-electron chi connectivity index (χ1n) is 10.6. The van der Waals surface area contributed by atoms with Gasteiger partial charge in [0, 0.05) is 18.4 Å². The molecular weight excluding hydrogens is 470 g/mol. The number of nitrogens with zero attached hydrogens (tertiary/aromatic N) is 1. The highest BCUT2D eigenvalue weighted by molar-refractivity contribution is 6.44. The number of rotatable bonds is 7. The molecule has 0 radical (unpaired) electrons. The summed E-state index contributed by atoms with van der Waals surface area (Å²) in [6, 6.07) is 2.02. The zero-order valence-corrected chi connectivity index (χ0v) is 19.1. The van der Waals surface area contributed by atoms with Crippen LogP contribution in [0.5, 0.6) is 0 Å². The molecule has 0 aliphatic heterocycles. The molecule has 0 spiro atoms. The largest absolute Gasteiger partial charge is 0.419 e. The Balaban J connectivity index is 1.90. The van der Waals surface area contributed by atoms with Crippen molar-refractivity contribution in [1.82, 2.24) is 9.88 Å². The fourth-order valence-corrected chi connectivity index (χ4v) is 4.06. The Hall–Kier alpha value is -3.65. The summed E-state index contributed by atoms with van der Waals surface area (Å²) in [6.45, 7) is 2.35. The Morgan fingerprint density at radius 3 is 2.37 bits per heavy atom. The van der Waals surface area contributed by atoms with E-state index in [4.69, 9.17) is 6.42 Å². The van der Waals surface area contributed by atoms with Crippen LogP contribution >= 0.6 is 0 Å². The molecule has 1 aromatic carbocycles. The molecule has 186 valence electrons. The van der Waals surface area contributed by atoms with Crippen molar-refractivity contribution in [3.63, 3.8) is 0 Å². The van der Waals surface area contributed by atoms with Crippen LogP contribution in [0.3, 0.4) is 0 Å². The molecule has 1 fully saturated rings. The predicted molar refractivity (Wildman–Crippen MR) is 118 cm³/mol. The van der Waals surface area contributed by atoms with Gasteiger partial charge in [-0.3, -0.25) is 14.4 Å². The molecule has 7 nitrogen and oxygen atoms in total. The van der Waals surface area contributed by atoms with Crippen LogP contribution in [0.25, 0.3) is 0 Å². The van der Waals surface area contributed by atoms with E-state index in [-0.39, 0.29) is 34.1 Å². The molecule has 1 aliphatic rings. The second-order valence-electron chi connectivity index (χ2n) is 8.47. The fourth-order valence-electron chi connectivity index (χ4n) is 4.06. The highest BCUT2D eigenvalue weighted by Crippen LogP contribution is 2.39. The summed E-state index contributed by atoms with van der Waals surface area (Å²) in [7, 11) is 1.45. The van der Waals surface area contributed by atoms with Crippen LogP contribution in [-0.2, 0) is 18.0 Å². The Bertz CT molecular complexity index is 1250. The molecule has 1 saturated carbocycles. The summed E-state index contributed by atoms with van der Waals surface area (Å²) in [5.74, 6) is -2.18. The van der Waals surface area contributed by atoms with Gasteiger partial charge in [-0.2, -0.15) is 13.2 Å². The number of aromatic nitrogens is 1. The van der Waals surface area contributed by atoms with Crippen LogP contribution in [0.2, 0.25) is 0 Å². The van der Waals surface area contributed by atoms with Crippen LogP contribution in [0.15, 0.2) is 18.2 Å². The average Bonchev–Trinajstić information content (AvgIpc) is 3.60. The second-order valence-corrected chi connectivity index (χ2v) is 8.47. The first-order chi connectivity index (χ1) is 16.3. The zero-order valence-electron chi connectivity index (χ0n) is 19.1. The maximum absolute atomic E-state index is 13.6. The number of benzene rings is 1. The van der Waals surface area contributed by atoms with Gasteiger partial charge in [-0.1, -0.05) is 5.92 Å². The van der Waals surface area contributed by atoms with Gasteiger partial charge < -0.3 is 20.3 Å². The van der Waals surface area contributed by atoms with E-state index >= 15 is 0 Å². The normalized spacial score (nSPS) is 15.2. The first kappa shape index (κ1) is 26.0. The number of anilines is 1. The van der Waals surface area contributed by atoms with E-state index in [2.05, 4.69) is 16.6 Å². The van der Waals surface area contributed by atoms with E-state index in [1.165, 1.54) is 25.5 Å². The zero-order chi connectivity index (χ0) is 26.3. The average molecular weight is 493 g/mol. The molecule has 2 amide bonds. The number of alkyl halides is 3. The van der Waals surface area contributed by atoms with Gasteiger partial charge in [0.25, 0.3) is 17.6 Å². The van der Waals surface area contributed by atoms with E-state index in [1.54, 1.807) is 0 Å². The highest BCUT2D eigenvalue weighted by atomic mass is 19.4. The lowest BCUT2D eigenvalue weighted by Gasteiger charge is -2.27. The number of halogens is 4. The van der Waals surface area contributed by atoms with E-state index in [9.17, 15) is 37.1 Å². The van der Waals surface area contributed by atoms with Crippen molar-refractivity contribution in [1.29, 1.82) is 0 Å². The van der Waals surface area contributed by atoms with Crippen molar-refractivity contribution in [2.45, 2.75) is 38.4 Å². The quantitative estimate of drug-likeness (QED) is 0.239. The van der Waals surface area contributed by atoms with Crippen LogP contribution in [0.1, 0.15) is 50.5 Å². The van der Waals surface area contributed by atoms with Crippen molar-refractivity contribution in [2.24, 2.45) is 13.0 Å². The number of ketones is 1. The summed E-state index contributed by atoms with van der Waals surface area (Å²) in [5.41, 5.74) is -3.01. The number of aliphatic hydroxyl groups excluding tert-OH is 1. The molecule has 3 rings (SSSR count). The Morgan fingerprint density at radius 2 is 1.86 bits per heavy atom. The van der Waals surface area contributed by atoms with Crippen LogP contribution < -0.4 is 10.6 Å². The SMILES string of the molecule is C#CC(CO)(NC(=O)C(=O)c1c(C)c(C(=O)Nc2ccc(F)c(C(F)(F)F)c2)n(C)c1C)C1CC1. The molecule has 0 bridgehead atoms. The minimum atomic E-state index is -4.96. The fraction of sp³-hybridized carbons (Fsp3) is 0.375. The van der Waals surface area contributed by atoms with Gasteiger partial charge in [0.05, 0.1) is 17.7 Å². The van der Waals surface area contributed by atoms with Gasteiger partial charge in [0.1, 0.15) is 17.1 Å². The first-order valence-corrected chi connectivity index (χ1v) is 10.6. The van der Waals surface area contributed by atoms with Crippen LogP contribution in [0.4, 0.5) is 23.2 Å². The van der Waals surface area contributed by atoms with Crippen molar-refractivity contribution in [3.05, 3.63) is 52.1 Å². The van der Waals surface area contributed by atoms with Gasteiger partial charge >= 0.3 is 6.18 Å². The van der Waals surface area contributed by atoms with Crippen molar-refractivity contribution >= 4 is 23.3 Å². The minimum Gasteiger partial charge on any atom is -0.393 e. The Morgan fingerprint density at radius 1 is 1.23 bits per heavy atom. The van der Waals surface area contributed by atoms with Crippen LogP contribution in [-0.4, -0.2) is 39.4 Å². The predicted octanol–water partition coefficient (Wildman–Crippen LogP) is 3.13. The molecule has 1 aromatic heterocycles. The van der Waals surface area contributed by atoms with E-state index in [1.807, 2.05) is 0 Å². The van der Waals surface area contributed by atoms with E-state index in [0.29, 0.717) is 25.0 Å². The molecule has 3 N–H and O–H groups in total. The third-order valence-electron chi connectivity index (χ3n) is 6.23. The number of aliphatic hydroxyl groups is 1. The number of carbonyl (C=O) groups excluding carboxylic acids is 3. The van der Waals surface area contributed by atoms with E-state index < -0.39 is 47.3 Å². The van der Waals surface area contributed by atoms with Crippen molar-refractivity contribution < 1.29 is 37.1 Å². The lowest BCUT2D eigenvalue weighted by molar-refractivity contribution is -0.140. The van der Waals surface area contributed by atoms with E-state index in [0.717, 1.165) is 6.07 Å². The molecule has 11 heteroatoms. The molecule has 1 aliphatic carbocycles. The Kier molecular flexibility index (Phi) is 6.81. The lowest BCUT2D eigenvalue weighted by atomic mass is 9.94. The monoisotopic (exact) mass is 493 g/mol. The van der Waals surface area contributed by atoms with Crippen molar-refractivity contribution in [2.75, 3.05) is 11.9 Å². The molecule has 0 saturated heterocycles. The third-order valence-corrected chi connectivity index (χ3v) is 6.23. The number of hydrogen-bond donors (Lipinski definition) is 3. The number of amides is 2. The number of terminal acetylenes is 1. The summed E-state index contributed by atoms with van der Waals surface area (Å²) in [5, 5.41) is 14.4. The Labute approximate surface area is 198 Å². The summed E-state index contributed by atoms with van der Waals surface area (Å²) in [6.07, 6.45) is 1.92. The molecule has 35 heavy (non-hydrogen) atoms. The standard InChI is InChI=1S/C24H23F4N3O4/c1-5-23(11-32,14-6-7-14)30-22(35)20(33)18-12(2)19(31(4)13(18)3)21(34)29-15-8-9-17(25)16(10-15)24(26,27)28/h1,8-10,14,32H,6-7,11H2,2-4H3,(H,29,34)(H,30,35). The molecular formula is C24H23F4N3O4. The topological polar surface area (TPSA) is 100 Å². The lowest BCUT2D eigenvalue weighted by Crippen LogP contribution is -2.54. The molecule has 1 atom stereocenters. The van der Waals surface area contributed by atoms with Crippen LogP contribution in [0, 0.1) is 37.9 Å². The summed E-state index contributed by atoms with van der Waals surface area (Å²) >= 11 is 0. The third kappa shape index (κ3) is 4.79. The van der Waals surface area contributed by atoms with Gasteiger partial charge in [-0.25, -0.2) is 4.39 Å². The summed E-state index contributed by atoms with van der Waals surface area (Å²) in [4.78, 5) is 38.6. The molecule has 1 unspecified atom stereocenters.